The fourth-order valence-corrected chi connectivity index (χ4v) is 3.28. The van der Waals surface area contributed by atoms with Crippen LogP contribution in [0.15, 0.2) is 23.0 Å². The van der Waals surface area contributed by atoms with Crippen molar-refractivity contribution in [2.75, 3.05) is 6.54 Å². The van der Waals surface area contributed by atoms with Crippen molar-refractivity contribution in [2.45, 2.75) is 27.2 Å². The first kappa shape index (κ1) is 14.7. The molecule has 0 aliphatic heterocycles. The van der Waals surface area contributed by atoms with Gasteiger partial charge in [0.25, 0.3) is 11.5 Å². The summed E-state index contributed by atoms with van der Waals surface area (Å²) in [7, 11) is 0. The lowest BCUT2D eigenvalue weighted by atomic mass is 10.1. The third-order valence-corrected chi connectivity index (χ3v) is 4.65. The normalized spacial score (nSPS) is 11.2. The number of rotatable bonds is 3. The van der Waals surface area contributed by atoms with Crippen LogP contribution in [0.2, 0.25) is 0 Å². The molecule has 22 heavy (non-hydrogen) atoms. The van der Waals surface area contributed by atoms with Crippen LogP contribution in [0.1, 0.15) is 34.1 Å². The predicted octanol–water partition coefficient (Wildman–Crippen LogP) is 2.67. The van der Waals surface area contributed by atoms with E-state index in [9.17, 15) is 9.59 Å². The Labute approximate surface area is 131 Å². The summed E-state index contributed by atoms with van der Waals surface area (Å²) < 4.78 is 1.57. The van der Waals surface area contributed by atoms with Gasteiger partial charge in [0.2, 0.25) is 0 Å². The van der Waals surface area contributed by atoms with E-state index in [1.54, 1.807) is 4.40 Å². The van der Waals surface area contributed by atoms with Gasteiger partial charge in [0.05, 0.1) is 11.0 Å². The minimum atomic E-state index is -0.221. The highest BCUT2D eigenvalue weighted by atomic mass is 32.1. The highest BCUT2D eigenvalue weighted by Crippen LogP contribution is 2.22. The maximum atomic E-state index is 12.4. The van der Waals surface area contributed by atoms with Gasteiger partial charge in [-0.05, 0) is 43.5 Å². The van der Waals surface area contributed by atoms with Crippen LogP contribution in [0.4, 0.5) is 0 Å². The highest BCUT2D eigenvalue weighted by Gasteiger charge is 2.14. The van der Waals surface area contributed by atoms with Crippen molar-refractivity contribution in [1.82, 2.24) is 14.7 Å². The molecule has 1 amide bonds. The van der Waals surface area contributed by atoms with Gasteiger partial charge in [0, 0.05) is 12.6 Å². The number of fused-ring (bicyclic) bond motifs is 3. The lowest BCUT2D eigenvalue weighted by Crippen LogP contribution is -2.25. The summed E-state index contributed by atoms with van der Waals surface area (Å²) in [6, 6.07) is 5.33. The molecule has 1 aromatic carbocycles. The van der Waals surface area contributed by atoms with E-state index in [4.69, 9.17) is 0 Å². The van der Waals surface area contributed by atoms with Crippen LogP contribution in [0.25, 0.3) is 16.0 Å². The quantitative estimate of drug-likeness (QED) is 0.808. The Morgan fingerprint density at radius 2 is 2.00 bits per heavy atom. The minimum absolute atomic E-state index is 0.217. The molecule has 3 rings (SSSR count). The minimum Gasteiger partial charge on any atom is -0.351 e. The molecule has 0 saturated heterocycles. The van der Waals surface area contributed by atoms with E-state index in [1.807, 2.05) is 32.9 Å². The van der Waals surface area contributed by atoms with Crippen LogP contribution in [-0.2, 0) is 0 Å². The average molecular weight is 315 g/mol. The number of carbonyl (C=O) groups is 1. The van der Waals surface area contributed by atoms with E-state index < -0.39 is 0 Å². The average Bonchev–Trinajstić information content (AvgIpc) is 2.83. The number of imidazole rings is 1. The zero-order valence-electron chi connectivity index (χ0n) is 12.8. The first-order valence-electron chi connectivity index (χ1n) is 7.23. The lowest BCUT2D eigenvalue weighted by molar-refractivity contribution is 0.0957. The third kappa shape index (κ3) is 2.39. The Balaban J connectivity index is 2.21. The van der Waals surface area contributed by atoms with Crippen molar-refractivity contribution in [3.63, 3.8) is 0 Å². The van der Waals surface area contributed by atoms with Gasteiger partial charge in [0.15, 0.2) is 4.96 Å². The first-order valence-corrected chi connectivity index (χ1v) is 8.04. The largest absolute Gasteiger partial charge is 0.351 e. The molecule has 0 spiro atoms. The van der Waals surface area contributed by atoms with Crippen molar-refractivity contribution in [2.24, 2.45) is 0 Å². The lowest BCUT2D eigenvalue weighted by Gasteiger charge is -2.03. The van der Waals surface area contributed by atoms with Gasteiger partial charge in [-0.1, -0.05) is 18.3 Å². The van der Waals surface area contributed by atoms with Crippen molar-refractivity contribution in [1.29, 1.82) is 0 Å². The van der Waals surface area contributed by atoms with Crippen molar-refractivity contribution >= 4 is 33.2 Å². The fraction of sp³-hybridized carbons (Fsp3) is 0.312. The Morgan fingerprint density at radius 3 is 2.73 bits per heavy atom. The second-order valence-electron chi connectivity index (χ2n) is 5.36. The van der Waals surface area contributed by atoms with Crippen molar-refractivity contribution in [3.05, 3.63) is 44.6 Å². The molecule has 5 nitrogen and oxygen atoms in total. The van der Waals surface area contributed by atoms with Gasteiger partial charge in [-0.2, -0.15) is 0 Å². The number of carbonyl (C=O) groups excluding carboxylic acids is 1. The number of nitrogens with zero attached hydrogens (tertiary/aromatic N) is 2. The van der Waals surface area contributed by atoms with Crippen LogP contribution in [-0.4, -0.2) is 21.8 Å². The molecule has 2 aromatic heterocycles. The van der Waals surface area contributed by atoms with Crippen LogP contribution >= 0.6 is 11.3 Å². The summed E-state index contributed by atoms with van der Waals surface area (Å²) in [5, 5.41) is 2.79. The topological polar surface area (TPSA) is 63.5 Å². The number of amides is 1. The molecule has 0 aliphatic carbocycles. The fourth-order valence-electron chi connectivity index (χ4n) is 2.33. The van der Waals surface area contributed by atoms with Crippen molar-refractivity contribution < 1.29 is 4.79 Å². The number of aromatic nitrogens is 2. The molecule has 0 radical (unpaired) electrons. The van der Waals surface area contributed by atoms with Crippen LogP contribution in [0.5, 0.6) is 0 Å². The number of aryl methyl sites for hydroxylation is 2. The van der Waals surface area contributed by atoms with Crippen LogP contribution in [0.3, 0.4) is 0 Å². The maximum absolute atomic E-state index is 12.4. The number of hydrogen-bond acceptors (Lipinski definition) is 4. The summed E-state index contributed by atoms with van der Waals surface area (Å²) in [6.45, 7) is 6.61. The van der Waals surface area contributed by atoms with Crippen LogP contribution < -0.4 is 10.9 Å². The Kier molecular flexibility index (Phi) is 3.70. The van der Waals surface area contributed by atoms with Gasteiger partial charge in [-0.3, -0.25) is 14.0 Å². The number of nitrogens with one attached hydrogen (secondary N) is 1. The molecule has 0 bridgehead atoms. The molecular weight excluding hydrogens is 298 g/mol. The standard InChI is InChI=1S/C16H17N3O2S/c1-4-5-17-15(21)13-8-14(20)19-12-7-10(3)9(2)6-11(12)18-16(19)22-13/h6-8H,4-5H2,1-3H3,(H,17,21). The summed E-state index contributed by atoms with van der Waals surface area (Å²) in [5.74, 6) is -0.217. The summed E-state index contributed by atoms with van der Waals surface area (Å²) >= 11 is 1.24. The molecule has 0 aliphatic rings. The zero-order valence-corrected chi connectivity index (χ0v) is 13.6. The van der Waals surface area contributed by atoms with Gasteiger partial charge in [-0.25, -0.2) is 4.98 Å². The summed E-state index contributed by atoms with van der Waals surface area (Å²) in [6.07, 6.45) is 0.856. The van der Waals surface area contributed by atoms with Gasteiger partial charge < -0.3 is 5.32 Å². The second kappa shape index (κ2) is 5.53. The van der Waals surface area contributed by atoms with Crippen LogP contribution in [0, 0.1) is 13.8 Å². The number of hydrogen-bond donors (Lipinski definition) is 1. The first-order chi connectivity index (χ1) is 10.5. The highest BCUT2D eigenvalue weighted by molar-refractivity contribution is 7.18. The summed E-state index contributed by atoms with van der Waals surface area (Å²) in [4.78, 5) is 29.9. The Hall–Kier alpha value is -2.21. The molecular formula is C16H17N3O2S. The molecule has 3 aromatic rings. The van der Waals surface area contributed by atoms with E-state index in [2.05, 4.69) is 10.3 Å². The van der Waals surface area contributed by atoms with E-state index in [0.717, 1.165) is 28.6 Å². The van der Waals surface area contributed by atoms with Crippen molar-refractivity contribution in [3.8, 4) is 0 Å². The molecule has 0 unspecified atom stereocenters. The van der Waals surface area contributed by atoms with E-state index in [1.165, 1.54) is 17.4 Å². The van der Waals surface area contributed by atoms with E-state index in [-0.39, 0.29) is 11.5 Å². The molecule has 2 heterocycles. The zero-order chi connectivity index (χ0) is 15.9. The summed E-state index contributed by atoms with van der Waals surface area (Å²) in [5.41, 5.74) is 3.60. The molecule has 114 valence electrons. The number of benzene rings is 1. The maximum Gasteiger partial charge on any atom is 0.261 e. The molecule has 0 atom stereocenters. The van der Waals surface area contributed by atoms with Gasteiger partial charge in [-0.15, -0.1) is 0 Å². The second-order valence-corrected chi connectivity index (χ2v) is 6.37. The SMILES string of the molecule is CCCNC(=O)c1cc(=O)n2c(nc3cc(C)c(C)cc32)s1. The molecule has 6 heteroatoms. The molecule has 0 saturated carbocycles. The smallest absolute Gasteiger partial charge is 0.261 e. The van der Waals surface area contributed by atoms with Gasteiger partial charge >= 0.3 is 0 Å². The third-order valence-electron chi connectivity index (χ3n) is 3.67. The van der Waals surface area contributed by atoms with Gasteiger partial charge in [0.1, 0.15) is 4.88 Å². The molecule has 0 fully saturated rings. The Morgan fingerprint density at radius 1 is 1.27 bits per heavy atom. The molecule has 1 N–H and O–H groups in total. The monoisotopic (exact) mass is 315 g/mol. The van der Waals surface area contributed by atoms with E-state index >= 15 is 0 Å². The Bertz CT molecular complexity index is 940. The van der Waals surface area contributed by atoms with E-state index in [0.29, 0.717) is 16.4 Å². The predicted molar refractivity (Wildman–Crippen MR) is 88.9 cm³/mol.